The van der Waals surface area contributed by atoms with Gasteiger partial charge in [0.05, 0.1) is 29.7 Å². The maximum Gasteiger partial charge on any atom is 0.262 e. The molecule has 14 heteroatoms. The van der Waals surface area contributed by atoms with Gasteiger partial charge in [-0.1, -0.05) is 38.1 Å². The first-order valence-corrected chi connectivity index (χ1v) is 17.2. The van der Waals surface area contributed by atoms with Crippen molar-refractivity contribution in [2.75, 3.05) is 5.32 Å². The number of carbonyl (C=O) groups is 4. The van der Waals surface area contributed by atoms with Crippen LogP contribution >= 0.6 is 0 Å². The minimum absolute atomic E-state index is 0.0115. The van der Waals surface area contributed by atoms with Gasteiger partial charge in [-0.3, -0.25) is 29.4 Å². The summed E-state index contributed by atoms with van der Waals surface area (Å²) >= 11 is 0. The Bertz CT molecular complexity index is 2240. The minimum Gasteiger partial charge on any atom is -0.490 e. The van der Waals surface area contributed by atoms with E-state index in [-0.39, 0.29) is 53.1 Å². The lowest BCUT2D eigenvalue weighted by Crippen LogP contribution is -2.54. The molecule has 4 heterocycles. The van der Waals surface area contributed by atoms with Gasteiger partial charge in [0.1, 0.15) is 29.5 Å². The van der Waals surface area contributed by atoms with Crippen LogP contribution in [0.5, 0.6) is 17.2 Å². The normalized spacial score (nSPS) is 19.8. The summed E-state index contributed by atoms with van der Waals surface area (Å²) in [5.41, 5.74) is 2.99. The van der Waals surface area contributed by atoms with Crippen LogP contribution in [0.2, 0.25) is 0 Å². The lowest BCUT2D eigenvalue weighted by Gasteiger charge is -2.36. The third-order valence-electron chi connectivity index (χ3n) is 10.00. The Balaban J connectivity index is 0.852. The number of anilines is 1. The van der Waals surface area contributed by atoms with Crippen molar-refractivity contribution in [3.63, 3.8) is 0 Å². The maximum atomic E-state index is 14.0. The fourth-order valence-corrected chi connectivity index (χ4v) is 6.92. The van der Waals surface area contributed by atoms with Crippen LogP contribution in [0, 0.1) is 5.82 Å². The number of imide groups is 2. The number of carbonyl (C=O) groups excluding carboxylic acids is 4. The molecule has 2 aliphatic heterocycles. The first-order valence-electron chi connectivity index (χ1n) is 17.2. The van der Waals surface area contributed by atoms with Gasteiger partial charge in [0.25, 0.3) is 11.8 Å². The second-order valence-corrected chi connectivity index (χ2v) is 13.8. The first-order chi connectivity index (χ1) is 25.5. The summed E-state index contributed by atoms with van der Waals surface area (Å²) in [6.07, 6.45) is 5.79. The van der Waals surface area contributed by atoms with Crippen molar-refractivity contribution in [2.24, 2.45) is 0 Å². The zero-order valence-corrected chi connectivity index (χ0v) is 28.8. The first kappa shape index (κ1) is 33.7. The third kappa shape index (κ3) is 6.47. The largest absolute Gasteiger partial charge is 0.490 e. The number of nitrogens with one attached hydrogen (secondary N) is 2. The predicted molar refractivity (Wildman–Crippen MR) is 188 cm³/mol. The van der Waals surface area contributed by atoms with E-state index < -0.39 is 35.5 Å². The summed E-state index contributed by atoms with van der Waals surface area (Å²) < 4.78 is 26.2. The highest BCUT2D eigenvalue weighted by molar-refractivity contribution is 6.23. The number of rotatable bonds is 10. The second kappa shape index (κ2) is 13.3. The molecule has 0 spiro atoms. The molecule has 13 nitrogen and oxygen atoms in total. The van der Waals surface area contributed by atoms with Gasteiger partial charge in [0.2, 0.25) is 17.6 Å². The van der Waals surface area contributed by atoms with Crippen molar-refractivity contribution in [1.29, 1.82) is 0 Å². The monoisotopic (exact) mass is 715 g/mol. The molecule has 2 N–H and O–H groups in total. The van der Waals surface area contributed by atoms with Crippen LogP contribution in [0.3, 0.4) is 0 Å². The van der Waals surface area contributed by atoms with E-state index >= 15 is 0 Å². The molecular weight excluding hydrogens is 681 g/mol. The van der Waals surface area contributed by atoms with Crippen LogP contribution in [-0.2, 0) is 15.0 Å². The summed E-state index contributed by atoms with van der Waals surface area (Å²) in [7, 11) is 0. The van der Waals surface area contributed by atoms with Crippen LogP contribution < -0.4 is 20.1 Å². The highest BCUT2D eigenvalue weighted by Gasteiger charge is 2.45. The topological polar surface area (TPSA) is 158 Å². The highest BCUT2D eigenvalue weighted by Crippen LogP contribution is 2.36. The Kier molecular flexibility index (Phi) is 8.44. The number of piperidine rings is 1. The summed E-state index contributed by atoms with van der Waals surface area (Å²) in [4.78, 5) is 56.4. The smallest absolute Gasteiger partial charge is 0.262 e. The molecule has 5 aromatic rings. The third-order valence-corrected chi connectivity index (χ3v) is 10.00. The number of hydrogen-bond donors (Lipinski definition) is 2. The van der Waals surface area contributed by atoms with Gasteiger partial charge in [-0.25, -0.2) is 9.37 Å². The fraction of sp³-hybridized carbons (Fsp3) is 0.256. The molecule has 1 saturated heterocycles. The molecular formula is C39H34FN7O6. The summed E-state index contributed by atoms with van der Waals surface area (Å²) in [6, 6.07) is 21.0. The summed E-state index contributed by atoms with van der Waals surface area (Å²) in [5.74, 6) is -0.906. The lowest BCUT2D eigenvalue weighted by molar-refractivity contribution is -0.136. The number of hydrogen-bond acceptors (Lipinski definition) is 10. The standard InChI is InChI=1S/C39H34FN7O6/c1-39(2,23-5-10-28(11-6-23)53-33-17-24(40)21-41-35(33)47-42-15-16-43-47)22-3-8-27(9-4-22)52-29-18-26(19-29)44-25-7-12-30-31(20-25)38(51)46(37(30)50)32-13-14-34(48)45-36(32)49/h3-12,15-17,20-21,26,29,32,44H,13-14,18-19H2,1-2H3,(H,45,48,49)/t26-,29-,32?. The molecule has 1 aliphatic carbocycles. The quantitative estimate of drug-likeness (QED) is 0.181. The Hall–Kier alpha value is -6.44. The molecule has 2 aromatic heterocycles. The molecule has 1 atom stereocenters. The molecule has 3 aliphatic rings. The molecule has 2 fully saturated rings. The molecule has 53 heavy (non-hydrogen) atoms. The van der Waals surface area contributed by atoms with E-state index in [2.05, 4.69) is 51.8 Å². The fourth-order valence-electron chi connectivity index (χ4n) is 6.92. The SMILES string of the molecule is CC(C)(c1ccc(Oc2cc(F)cnc2-n2nccn2)cc1)c1ccc(O[C@H]2C[C@H](Nc3ccc4c(c3)C(=O)N(C3CCC(=O)NC3=O)C4=O)C2)cc1. The highest BCUT2D eigenvalue weighted by atomic mass is 19.1. The van der Waals surface area contributed by atoms with Crippen LogP contribution in [0.1, 0.15) is 71.4 Å². The van der Waals surface area contributed by atoms with Gasteiger partial charge in [-0.05, 0) is 60.0 Å². The van der Waals surface area contributed by atoms with E-state index in [1.165, 1.54) is 23.3 Å². The second-order valence-electron chi connectivity index (χ2n) is 13.8. The molecule has 4 amide bonds. The van der Waals surface area contributed by atoms with Crippen molar-refractivity contribution < 1.29 is 33.0 Å². The minimum atomic E-state index is -0.998. The molecule has 8 rings (SSSR count). The number of nitrogens with zero attached hydrogens (tertiary/aromatic N) is 5. The van der Waals surface area contributed by atoms with E-state index in [9.17, 15) is 23.6 Å². The number of halogens is 1. The molecule has 3 aromatic carbocycles. The Labute approximate surface area is 303 Å². The Morgan fingerprint density at radius 3 is 2.19 bits per heavy atom. The van der Waals surface area contributed by atoms with Crippen LogP contribution in [-0.4, -0.2) is 66.7 Å². The van der Waals surface area contributed by atoms with E-state index in [1.54, 1.807) is 18.2 Å². The molecule has 1 unspecified atom stereocenters. The van der Waals surface area contributed by atoms with Crippen LogP contribution in [0.25, 0.3) is 5.82 Å². The predicted octanol–water partition coefficient (Wildman–Crippen LogP) is 5.34. The van der Waals surface area contributed by atoms with Gasteiger partial charge in [-0.15, -0.1) is 4.80 Å². The van der Waals surface area contributed by atoms with Crippen molar-refractivity contribution in [3.05, 3.63) is 119 Å². The van der Waals surface area contributed by atoms with E-state index in [1.807, 2.05) is 36.4 Å². The Morgan fingerprint density at radius 2 is 1.51 bits per heavy atom. The average molecular weight is 716 g/mol. The average Bonchev–Trinajstić information content (AvgIpc) is 3.74. The molecule has 0 bridgehead atoms. The van der Waals surface area contributed by atoms with Gasteiger partial charge in [0.15, 0.2) is 5.75 Å². The summed E-state index contributed by atoms with van der Waals surface area (Å²) in [6.45, 7) is 4.27. The number of benzene rings is 3. The van der Waals surface area contributed by atoms with Crippen molar-refractivity contribution in [3.8, 4) is 23.1 Å². The Morgan fingerprint density at radius 1 is 0.849 bits per heavy atom. The zero-order valence-electron chi connectivity index (χ0n) is 28.8. The van der Waals surface area contributed by atoms with Gasteiger partial charge in [-0.2, -0.15) is 10.2 Å². The molecule has 0 radical (unpaired) electrons. The van der Waals surface area contributed by atoms with E-state index in [0.717, 1.165) is 40.8 Å². The summed E-state index contributed by atoms with van der Waals surface area (Å²) in [5, 5.41) is 13.8. The van der Waals surface area contributed by atoms with Gasteiger partial charge >= 0.3 is 0 Å². The number of aromatic nitrogens is 4. The number of ether oxygens (including phenoxy) is 2. The van der Waals surface area contributed by atoms with Crippen LogP contribution in [0.4, 0.5) is 10.1 Å². The maximum absolute atomic E-state index is 14.0. The number of pyridine rings is 1. The van der Waals surface area contributed by atoms with Gasteiger partial charge < -0.3 is 14.8 Å². The zero-order chi connectivity index (χ0) is 36.9. The van der Waals surface area contributed by atoms with Crippen molar-refractivity contribution >= 4 is 29.3 Å². The molecule has 1 saturated carbocycles. The number of fused-ring (bicyclic) bond motifs is 1. The van der Waals surface area contributed by atoms with E-state index in [0.29, 0.717) is 11.4 Å². The molecule has 268 valence electrons. The van der Waals surface area contributed by atoms with Crippen molar-refractivity contribution in [2.45, 2.75) is 63.1 Å². The van der Waals surface area contributed by atoms with Crippen molar-refractivity contribution in [1.82, 2.24) is 30.2 Å². The van der Waals surface area contributed by atoms with E-state index in [4.69, 9.17) is 9.47 Å². The van der Waals surface area contributed by atoms with Gasteiger partial charge in [0, 0.05) is 42.5 Å². The number of amides is 4. The lowest BCUT2D eigenvalue weighted by atomic mass is 9.78. The van der Waals surface area contributed by atoms with Crippen LogP contribution in [0.15, 0.2) is 91.4 Å².